The molecule has 0 aliphatic carbocycles. The number of carbonyl (C=O) groups is 4. The number of nitrogens with one attached hydrogen (secondary N) is 2. The molecular formula is C37H55N3O6. The van der Waals surface area contributed by atoms with Crippen LogP contribution in [0.15, 0.2) is 48.5 Å². The van der Waals surface area contributed by atoms with Gasteiger partial charge in [0.15, 0.2) is 0 Å². The summed E-state index contributed by atoms with van der Waals surface area (Å²) in [6.07, 6.45) is 0.658. The Morgan fingerprint density at radius 3 is 2.00 bits per heavy atom. The van der Waals surface area contributed by atoms with Crippen LogP contribution in [-0.2, 0) is 30.3 Å². The molecule has 0 bridgehead atoms. The summed E-state index contributed by atoms with van der Waals surface area (Å²) in [6.45, 7) is 20.4. The maximum Gasteiger partial charge on any atom is 0.408 e. The first-order valence-corrected chi connectivity index (χ1v) is 16.3. The lowest BCUT2D eigenvalue weighted by Crippen LogP contribution is -2.56. The van der Waals surface area contributed by atoms with Crippen LogP contribution in [-0.4, -0.2) is 58.6 Å². The predicted molar refractivity (Wildman–Crippen MR) is 181 cm³/mol. The normalized spacial score (nSPS) is 14.3. The predicted octanol–water partition coefficient (Wildman–Crippen LogP) is 6.59. The van der Waals surface area contributed by atoms with Crippen molar-refractivity contribution in [1.29, 1.82) is 0 Å². The maximum atomic E-state index is 14.5. The zero-order valence-electron chi connectivity index (χ0n) is 29.7. The molecule has 46 heavy (non-hydrogen) atoms. The second kappa shape index (κ2) is 16.6. The molecule has 2 aromatic rings. The van der Waals surface area contributed by atoms with E-state index in [-0.39, 0.29) is 18.9 Å². The van der Waals surface area contributed by atoms with Gasteiger partial charge in [0.1, 0.15) is 29.3 Å². The third kappa shape index (κ3) is 11.8. The van der Waals surface area contributed by atoms with E-state index in [0.717, 1.165) is 16.7 Å². The number of benzene rings is 2. The van der Waals surface area contributed by atoms with Crippen molar-refractivity contribution < 1.29 is 28.7 Å². The van der Waals surface area contributed by atoms with Crippen LogP contribution in [0.2, 0.25) is 0 Å². The zero-order valence-corrected chi connectivity index (χ0v) is 29.7. The zero-order chi connectivity index (χ0) is 34.8. The lowest BCUT2D eigenvalue weighted by Gasteiger charge is -2.37. The van der Waals surface area contributed by atoms with Crippen LogP contribution in [0.4, 0.5) is 4.79 Å². The summed E-state index contributed by atoms with van der Waals surface area (Å²) in [5.74, 6) is -1.74. The van der Waals surface area contributed by atoms with Gasteiger partial charge in [-0.1, -0.05) is 81.3 Å². The molecule has 2 aromatic carbocycles. The van der Waals surface area contributed by atoms with Crippen molar-refractivity contribution in [3.05, 3.63) is 70.8 Å². The molecule has 0 aliphatic rings. The van der Waals surface area contributed by atoms with Gasteiger partial charge in [-0.15, -0.1) is 0 Å². The second-order valence-electron chi connectivity index (χ2n) is 14.1. The quantitative estimate of drug-likeness (QED) is 0.240. The lowest BCUT2D eigenvalue weighted by atomic mass is 9.93. The van der Waals surface area contributed by atoms with E-state index in [4.69, 9.17) is 9.47 Å². The highest BCUT2D eigenvalue weighted by molar-refractivity contribution is 5.94. The molecule has 2 N–H and O–H groups in total. The summed E-state index contributed by atoms with van der Waals surface area (Å²) in [7, 11) is 0. The van der Waals surface area contributed by atoms with Crippen molar-refractivity contribution in [2.75, 3.05) is 6.54 Å². The summed E-state index contributed by atoms with van der Waals surface area (Å²) in [5.41, 5.74) is 1.69. The molecule has 9 heteroatoms. The van der Waals surface area contributed by atoms with Crippen LogP contribution in [0.25, 0.3) is 0 Å². The molecule has 3 amide bonds. The van der Waals surface area contributed by atoms with E-state index in [0.29, 0.717) is 18.4 Å². The van der Waals surface area contributed by atoms with Gasteiger partial charge in [0.2, 0.25) is 11.8 Å². The van der Waals surface area contributed by atoms with Gasteiger partial charge in [-0.3, -0.25) is 9.59 Å². The van der Waals surface area contributed by atoms with Crippen molar-refractivity contribution in [2.24, 2.45) is 5.92 Å². The van der Waals surface area contributed by atoms with E-state index in [1.165, 1.54) is 4.90 Å². The fraction of sp³-hybridized carbons (Fsp3) is 0.568. The number of ether oxygens (including phenoxy) is 2. The van der Waals surface area contributed by atoms with Crippen molar-refractivity contribution in [1.82, 2.24) is 15.5 Å². The highest BCUT2D eigenvalue weighted by atomic mass is 16.6. The van der Waals surface area contributed by atoms with Gasteiger partial charge in [0, 0.05) is 13.0 Å². The van der Waals surface area contributed by atoms with E-state index in [1.807, 2.05) is 83.1 Å². The number of alkyl carbamates (subject to hydrolysis) is 1. The standard InChI is InChI=1S/C37H55N3O6/c1-12-21-40(33(42)30(25(4)13-2)39-35(44)46-37(9,10)11)31(28-22-24(3)19-20-26(28)5)32(41)38-29(34(43)45-36(6,7)8)23-27-17-15-14-16-18-27/h14-20,22,25,29-31H,12-13,21,23H2,1-11H3,(H,38,41)(H,39,44). The fourth-order valence-corrected chi connectivity index (χ4v) is 5.08. The van der Waals surface area contributed by atoms with Gasteiger partial charge in [0.25, 0.3) is 0 Å². The van der Waals surface area contributed by atoms with E-state index in [2.05, 4.69) is 10.6 Å². The number of rotatable bonds is 13. The number of hydrogen-bond donors (Lipinski definition) is 2. The van der Waals surface area contributed by atoms with Gasteiger partial charge < -0.3 is 25.0 Å². The summed E-state index contributed by atoms with van der Waals surface area (Å²) < 4.78 is 11.2. The number of hydrogen-bond acceptors (Lipinski definition) is 6. The highest BCUT2D eigenvalue weighted by Gasteiger charge is 2.40. The van der Waals surface area contributed by atoms with E-state index in [9.17, 15) is 19.2 Å². The Morgan fingerprint density at radius 2 is 1.46 bits per heavy atom. The van der Waals surface area contributed by atoms with Crippen molar-refractivity contribution in [3.8, 4) is 0 Å². The molecule has 254 valence electrons. The number of esters is 1. The molecular weight excluding hydrogens is 582 g/mol. The molecule has 0 spiro atoms. The summed E-state index contributed by atoms with van der Waals surface area (Å²) in [5, 5.41) is 5.75. The van der Waals surface area contributed by atoms with Gasteiger partial charge in [-0.2, -0.15) is 0 Å². The monoisotopic (exact) mass is 637 g/mol. The van der Waals surface area contributed by atoms with E-state index >= 15 is 0 Å². The van der Waals surface area contributed by atoms with Crippen LogP contribution >= 0.6 is 0 Å². The molecule has 9 nitrogen and oxygen atoms in total. The molecule has 0 saturated carbocycles. The van der Waals surface area contributed by atoms with Crippen molar-refractivity contribution in [3.63, 3.8) is 0 Å². The van der Waals surface area contributed by atoms with Crippen LogP contribution in [0.5, 0.6) is 0 Å². The number of amides is 3. The highest BCUT2D eigenvalue weighted by Crippen LogP contribution is 2.29. The first-order valence-electron chi connectivity index (χ1n) is 16.3. The van der Waals surface area contributed by atoms with Crippen LogP contribution < -0.4 is 10.6 Å². The Balaban J connectivity index is 2.65. The Bertz CT molecular complexity index is 1330. The average Bonchev–Trinajstić information content (AvgIpc) is 2.95. The van der Waals surface area contributed by atoms with Crippen LogP contribution in [0, 0.1) is 19.8 Å². The number of carbonyl (C=O) groups excluding carboxylic acids is 4. The Kier molecular flexibility index (Phi) is 13.8. The number of aryl methyl sites for hydroxylation is 2. The fourth-order valence-electron chi connectivity index (χ4n) is 5.08. The molecule has 0 saturated heterocycles. The molecule has 0 heterocycles. The Morgan fingerprint density at radius 1 is 0.848 bits per heavy atom. The first kappa shape index (κ1) is 38.3. The molecule has 2 rings (SSSR count). The topological polar surface area (TPSA) is 114 Å². The second-order valence-corrected chi connectivity index (χ2v) is 14.1. The summed E-state index contributed by atoms with van der Waals surface area (Å²) in [4.78, 5) is 57.0. The molecule has 4 unspecified atom stereocenters. The van der Waals surface area contributed by atoms with Crippen molar-refractivity contribution >= 4 is 23.9 Å². The largest absolute Gasteiger partial charge is 0.458 e. The number of nitrogens with zero attached hydrogens (tertiary/aromatic N) is 1. The van der Waals surface area contributed by atoms with E-state index < -0.39 is 53.2 Å². The minimum absolute atomic E-state index is 0.207. The smallest absolute Gasteiger partial charge is 0.408 e. The molecule has 0 radical (unpaired) electrons. The third-order valence-corrected chi connectivity index (χ3v) is 7.48. The maximum absolute atomic E-state index is 14.5. The molecule has 0 aliphatic heterocycles. The van der Waals surface area contributed by atoms with Crippen molar-refractivity contribution in [2.45, 2.75) is 125 Å². The summed E-state index contributed by atoms with van der Waals surface area (Å²) in [6, 6.07) is 12.1. The molecule has 0 aromatic heterocycles. The Labute approximate surface area is 275 Å². The third-order valence-electron chi connectivity index (χ3n) is 7.48. The van der Waals surface area contributed by atoms with Crippen LogP contribution in [0.1, 0.15) is 103 Å². The van der Waals surface area contributed by atoms with Gasteiger partial charge in [-0.25, -0.2) is 9.59 Å². The van der Waals surface area contributed by atoms with E-state index in [1.54, 1.807) is 41.5 Å². The Hall–Kier alpha value is -3.88. The van der Waals surface area contributed by atoms with Gasteiger partial charge >= 0.3 is 12.1 Å². The minimum atomic E-state index is -1.08. The van der Waals surface area contributed by atoms with Gasteiger partial charge in [-0.05, 0) is 84.4 Å². The first-order chi connectivity index (χ1) is 21.4. The SMILES string of the molecule is CCCN(C(=O)C(NC(=O)OC(C)(C)C)C(C)CC)C(C(=O)NC(Cc1ccccc1)C(=O)OC(C)(C)C)c1cc(C)ccc1C. The molecule has 0 fully saturated rings. The molecule has 4 atom stereocenters. The minimum Gasteiger partial charge on any atom is -0.458 e. The summed E-state index contributed by atoms with van der Waals surface area (Å²) >= 11 is 0. The van der Waals surface area contributed by atoms with Crippen LogP contribution in [0.3, 0.4) is 0 Å². The average molecular weight is 638 g/mol. The lowest BCUT2D eigenvalue weighted by molar-refractivity contribution is -0.159. The van der Waals surface area contributed by atoms with Gasteiger partial charge in [0.05, 0.1) is 0 Å².